The van der Waals surface area contributed by atoms with Gasteiger partial charge in [-0.15, -0.1) is 33.3 Å². The molecule has 2 aromatic rings. The van der Waals surface area contributed by atoms with E-state index in [1.54, 1.807) is 12.1 Å². The normalized spacial score (nSPS) is 21.2. The van der Waals surface area contributed by atoms with Crippen LogP contribution in [0.5, 0.6) is 0 Å². The number of aromatic amines is 1. The van der Waals surface area contributed by atoms with Crippen molar-refractivity contribution in [3.63, 3.8) is 0 Å². The van der Waals surface area contributed by atoms with Crippen molar-refractivity contribution >= 4 is 62.9 Å². The summed E-state index contributed by atoms with van der Waals surface area (Å²) >= 11 is 3.49. The molecule has 3 atom stereocenters. The first-order chi connectivity index (χ1) is 17.6. The Balaban J connectivity index is 0.00000267. The van der Waals surface area contributed by atoms with E-state index >= 15 is 0 Å². The summed E-state index contributed by atoms with van der Waals surface area (Å²) in [7, 11) is -3.50. The van der Waals surface area contributed by atoms with Gasteiger partial charge in [0.25, 0.3) is 11.6 Å². The molecular weight excluding hydrogens is 616 g/mol. The number of H-pyrrole nitrogens is 1. The molecule has 1 saturated heterocycles. The summed E-state index contributed by atoms with van der Waals surface area (Å²) in [4.78, 5) is 40.0. The number of nitrogens with one attached hydrogen (secondary N) is 3. The maximum atomic E-state index is 13.3. The number of tetrazole rings is 1. The number of methoxy groups -OCH3 is 1. The molecule has 4 rings (SSSR count). The van der Waals surface area contributed by atoms with Gasteiger partial charge in [0, 0.05) is 29.5 Å². The van der Waals surface area contributed by atoms with Crippen molar-refractivity contribution in [3.05, 3.63) is 33.7 Å². The molecule has 2 amide bonds. The summed E-state index contributed by atoms with van der Waals surface area (Å²) in [6.45, 7) is -0.312. The van der Waals surface area contributed by atoms with E-state index in [9.17, 15) is 32.5 Å². The number of carbonyl (C=O) groups excluding carboxylic acids is 3. The molecule has 0 spiro atoms. The first kappa shape index (κ1) is 34.7. The topological polar surface area (TPSA) is 222 Å². The van der Waals surface area contributed by atoms with E-state index in [2.05, 4.69) is 25.9 Å². The van der Waals surface area contributed by atoms with Crippen LogP contribution in [0.3, 0.4) is 0 Å². The number of carbonyl (C=O) groups is 3. The van der Waals surface area contributed by atoms with Crippen LogP contribution in [-0.2, 0) is 35.8 Å². The molecule has 21 heteroatoms. The smallest absolute Gasteiger partial charge is 0.735 e. The number of hydrogen-bond donors (Lipinski definition) is 3. The van der Waals surface area contributed by atoms with Crippen LogP contribution in [0.25, 0.3) is 0 Å². The van der Waals surface area contributed by atoms with Gasteiger partial charge in [-0.2, -0.15) is 5.21 Å². The van der Waals surface area contributed by atoms with Gasteiger partial charge in [0.2, 0.25) is 11.1 Å². The number of hydrogen-bond acceptors (Lipinski definition) is 14. The molecule has 4 heterocycles. The zero-order chi connectivity index (χ0) is 26.8. The molecule has 0 saturated carbocycles. The Labute approximate surface area is 279 Å². The minimum Gasteiger partial charge on any atom is -0.735 e. The minimum atomic E-state index is -4.74. The average molecular weight is 636 g/mol. The molecule has 0 radical (unpaired) electrons. The van der Waals surface area contributed by atoms with E-state index in [0.29, 0.717) is 0 Å². The number of rotatable bonds is 12. The van der Waals surface area contributed by atoms with Gasteiger partial charge in [0.1, 0.15) is 5.37 Å². The number of carboxylic acid groups (broad SMARTS) is 1. The first-order valence-electron chi connectivity index (χ1n) is 10.4. The Morgan fingerprint density at radius 1 is 1.41 bits per heavy atom. The van der Waals surface area contributed by atoms with Crippen molar-refractivity contribution in [2.45, 2.75) is 34.3 Å². The molecule has 1 unspecified atom stereocenters. The number of thiophene rings is 1. The molecule has 0 aliphatic carbocycles. The van der Waals surface area contributed by atoms with Crippen LogP contribution in [0.2, 0.25) is 0 Å². The van der Waals surface area contributed by atoms with Crippen molar-refractivity contribution in [3.8, 4) is 0 Å². The molecule has 0 aromatic carbocycles. The number of thioether (sulfide) groups is 2. The Hall–Kier alpha value is -0.550. The maximum Gasteiger partial charge on any atom is 1.00 e. The quantitative estimate of drug-likeness (QED) is 0.0649. The Morgan fingerprint density at radius 2 is 2.15 bits per heavy atom. The predicted molar refractivity (Wildman–Crippen MR) is 127 cm³/mol. The summed E-state index contributed by atoms with van der Waals surface area (Å²) in [5.74, 6) is -2.86. The number of fused-ring (bicyclic) bond motifs is 1. The van der Waals surface area contributed by atoms with E-state index in [1.807, 2.05) is 10.1 Å². The van der Waals surface area contributed by atoms with Gasteiger partial charge in [-0.1, -0.05) is 17.8 Å². The molecule has 15 nitrogen and oxygen atoms in total. The summed E-state index contributed by atoms with van der Waals surface area (Å²) < 4.78 is 40.2. The Bertz CT molecular complexity index is 1310. The third-order valence-corrected chi connectivity index (χ3v) is 9.42. The standard InChI is InChI=1S/C18H21N7O8S4.2Na/c1-33-18(20-12(26)7-9-3-2-6-34-9)15(29)25-13(14(27)28)10(8-35-16(18)25)11(4-5-19-37(30,31)32)36-17-21-23-24-22-17;;/h2-3,6,11,16,19H,4-5,7-8H2,1H3,(H,20,26)(H,27,28)(H,30,31,32)(H,21,22,23,24);;/q;2*+1/p-2/t11?,16-,18-;;/m0../s1. The summed E-state index contributed by atoms with van der Waals surface area (Å²) in [5, 5.41) is 28.5. The molecular formula is C18H19N7Na2O8S4. The van der Waals surface area contributed by atoms with Gasteiger partial charge < -0.3 is 24.5 Å². The van der Waals surface area contributed by atoms with Crippen molar-refractivity contribution in [1.29, 1.82) is 0 Å². The first-order valence-corrected chi connectivity index (χ1v) is 14.7. The average Bonchev–Trinajstić information content (AvgIpc) is 3.54. The number of ether oxygens (including phenoxy) is 1. The fraction of sp³-hybridized carbons (Fsp3) is 0.444. The second kappa shape index (κ2) is 14.6. The van der Waals surface area contributed by atoms with Crippen LogP contribution in [-0.4, -0.2) is 92.0 Å². The molecule has 2 aliphatic rings. The second-order valence-corrected chi connectivity index (χ2v) is 12.1. The second-order valence-electron chi connectivity index (χ2n) is 7.68. The summed E-state index contributed by atoms with van der Waals surface area (Å²) in [5.41, 5.74) is -1.98. The maximum absolute atomic E-state index is 13.3. The number of amides is 2. The molecule has 39 heavy (non-hydrogen) atoms. The third-order valence-electron chi connectivity index (χ3n) is 5.46. The molecule has 0 bridgehead atoms. The van der Waals surface area contributed by atoms with Crippen LogP contribution in [0.15, 0.2) is 33.9 Å². The fourth-order valence-electron chi connectivity index (χ4n) is 3.91. The molecule has 200 valence electrons. The van der Waals surface area contributed by atoms with E-state index in [0.717, 1.165) is 33.3 Å². The van der Waals surface area contributed by atoms with Gasteiger partial charge in [-0.25, -0.2) is 13.1 Å². The van der Waals surface area contributed by atoms with Crippen molar-refractivity contribution in [2.24, 2.45) is 0 Å². The van der Waals surface area contributed by atoms with Crippen molar-refractivity contribution in [1.82, 2.24) is 35.6 Å². The number of aliphatic carboxylic acids is 1. The molecule has 3 N–H and O–H groups in total. The number of nitrogens with zero attached hydrogens (tertiary/aromatic N) is 4. The van der Waals surface area contributed by atoms with E-state index in [-0.39, 0.29) is 95.0 Å². The fourth-order valence-corrected chi connectivity index (χ4v) is 7.61. The number of aromatic nitrogens is 4. The van der Waals surface area contributed by atoms with Gasteiger partial charge in [0.15, 0.2) is 10.3 Å². The Kier molecular flexibility index (Phi) is 12.9. The SMILES string of the molecule is CO[C@@]1(NC(=O)Cc2cccs2)C(=O)N2C(C(=O)[O-])=C(C(CCNS(=O)(=O)[O-])Sc3nn[nH]n3)CS[C@H]21.[Na+].[Na+]. The van der Waals surface area contributed by atoms with Gasteiger partial charge in [-0.05, 0) is 28.7 Å². The number of carboxylic acids is 1. The largest absolute Gasteiger partial charge is 1.00 e. The zero-order valence-corrected chi connectivity index (χ0v) is 28.2. The number of β-lactam (4-membered cyclic amide) rings is 1. The Morgan fingerprint density at radius 3 is 2.72 bits per heavy atom. The minimum absolute atomic E-state index is 0. The van der Waals surface area contributed by atoms with Crippen LogP contribution < -0.4 is 74.3 Å². The molecule has 1 fully saturated rings. The van der Waals surface area contributed by atoms with E-state index in [4.69, 9.17) is 4.74 Å². The van der Waals surface area contributed by atoms with Gasteiger partial charge >= 0.3 is 59.1 Å². The van der Waals surface area contributed by atoms with Crippen LogP contribution in [0, 0.1) is 0 Å². The van der Waals surface area contributed by atoms with Crippen molar-refractivity contribution in [2.75, 3.05) is 19.4 Å². The van der Waals surface area contributed by atoms with E-state index < -0.39 is 50.1 Å². The monoisotopic (exact) mass is 635 g/mol. The van der Waals surface area contributed by atoms with Crippen molar-refractivity contribution < 1.29 is 96.3 Å². The van der Waals surface area contributed by atoms with Gasteiger partial charge in [0.05, 0.1) is 18.1 Å². The van der Waals surface area contributed by atoms with E-state index in [1.165, 1.54) is 18.4 Å². The predicted octanol–water partition coefficient (Wildman–Crippen LogP) is -8.21. The van der Waals surface area contributed by atoms with Crippen LogP contribution in [0.4, 0.5) is 0 Å². The third kappa shape index (κ3) is 7.85. The summed E-state index contributed by atoms with van der Waals surface area (Å²) in [6, 6.07) is 3.56. The van der Waals surface area contributed by atoms with Crippen LogP contribution >= 0.6 is 34.9 Å². The summed E-state index contributed by atoms with van der Waals surface area (Å²) in [6.07, 6.45) is -0.0199. The molecule has 2 aliphatic heterocycles. The van der Waals surface area contributed by atoms with Gasteiger partial charge in [-0.3, -0.25) is 14.5 Å². The van der Waals surface area contributed by atoms with Crippen LogP contribution in [0.1, 0.15) is 11.3 Å². The zero-order valence-electron chi connectivity index (χ0n) is 20.9. The molecule has 2 aromatic heterocycles.